The Morgan fingerprint density at radius 3 is 2.60 bits per heavy atom. The highest BCUT2D eigenvalue weighted by Gasteiger charge is 2.28. The van der Waals surface area contributed by atoms with E-state index < -0.39 is 6.04 Å². The van der Waals surface area contributed by atoms with Crippen molar-refractivity contribution in [2.45, 2.75) is 50.6 Å². The summed E-state index contributed by atoms with van der Waals surface area (Å²) in [6.45, 7) is 0. The van der Waals surface area contributed by atoms with Crippen LogP contribution < -0.4 is 16.0 Å². The number of nitrogens with zero attached hydrogens (tertiary/aromatic N) is 1. The molecule has 108 valence electrons. The molecule has 3 rings (SSSR count). The Bertz CT molecular complexity index is 506. The number of benzene rings is 1. The SMILES string of the molecule is CN(c1ccc2c(c1)NC(=O)C2N)C1CCCCCC1. The summed E-state index contributed by atoms with van der Waals surface area (Å²) in [7, 11) is 2.16. The summed E-state index contributed by atoms with van der Waals surface area (Å²) >= 11 is 0. The van der Waals surface area contributed by atoms with Gasteiger partial charge in [0.25, 0.3) is 0 Å². The molecule has 0 bridgehead atoms. The van der Waals surface area contributed by atoms with Crippen molar-refractivity contribution in [3.63, 3.8) is 0 Å². The van der Waals surface area contributed by atoms with Gasteiger partial charge >= 0.3 is 0 Å². The molecule has 1 atom stereocenters. The van der Waals surface area contributed by atoms with Crippen molar-refractivity contribution in [1.82, 2.24) is 0 Å². The van der Waals surface area contributed by atoms with Crippen LogP contribution in [0.1, 0.15) is 50.1 Å². The minimum atomic E-state index is -0.512. The fraction of sp³-hybridized carbons (Fsp3) is 0.562. The summed E-state index contributed by atoms with van der Waals surface area (Å²) in [6, 6.07) is 6.23. The van der Waals surface area contributed by atoms with Gasteiger partial charge in [-0.15, -0.1) is 0 Å². The molecule has 1 heterocycles. The average molecular weight is 273 g/mol. The molecule has 20 heavy (non-hydrogen) atoms. The minimum Gasteiger partial charge on any atom is -0.372 e. The zero-order valence-corrected chi connectivity index (χ0v) is 12.1. The van der Waals surface area contributed by atoms with E-state index in [-0.39, 0.29) is 5.91 Å². The van der Waals surface area contributed by atoms with Crippen LogP contribution in [0, 0.1) is 0 Å². The van der Waals surface area contributed by atoms with E-state index in [0.29, 0.717) is 6.04 Å². The van der Waals surface area contributed by atoms with E-state index in [1.165, 1.54) is 44.2 Å². The van der Waals surface area contributed by atoms with Gasteiger partial charge in [-0.05, 0) is 25.0 Å². The Morgan fingerprint density at radius 2 is 1.90 bits per heavy atom. The van der Waals surface area contributed by atoms with E-state index in [2.05, 4.69) is 29.4 Å². The molecule has 1 amide bonds. The molecule has 1 unspecified atom stereocenters. The summed E-state index contributed by atoms with van der Waals surface area (Å²) in [5.74, 6) is -0.103. The number of carbonyl (C=O) groups excluding carboxylic acids is 1. The summed E-state index contributed by atoms with van der Waals surface area (Å²) in [5.41, 5.74) is 8.81. The lowest BCUT2D eigenvalue weighted by Crippen LogP contribution is -2.31. The molecule has 1 aromatic carbocycles. The number of anilines is 2. The fourth-order valence-corrected chi connectivity index (χ4v) is 3.35. The molecular formula is C16H23N3O. The van der Waals surface area contributed by atoms with Crippen molar-refractivity contribution < 1.29 is 4.79 Å². The molecule has 1 fully saturated rings. The van der Waals surface area contributed by atoms with Gasteiger partial charge in [0.2, 0.25) is 5.91 Å². The van der Waals surface area contributed by atoms with Gasteiger partial charge in [-0.25, -0.2) is 0 Å². The maximum atomic E-state index is 11.6. The third kappa shape index (κ3) is 2.40. The van der Waals surface area contributed by atoms with Crippen LogP contribution in [0.4, 0.5) is 11.4 Å². The average Bonchev–Trinajstić information content (AvgIpc) is 2.65. The van der Waals surface area contributed by atoms with E-state index in [1.54, 1.807) is 0 Å². The topological polar surface area (TPSA) is 58.4 Å². The standard InChI is InChI=1S/C16H23N3O/c1-19(11-6-4-2-3-5-7-11)12-8-9-13-14(10-12)18-16(20)15(13)17/h8-11,15H,2-7,17H2,1H3,(H,18,20). The third-order valence-corrected chi connectivity index (χ3v) is 4.69. The third-order valence-electron chi connectivity index (χ3n) is 4.69. The number of nitrogens with one attached hydrogen (secondary N) is 1. The zero-order valence-electron chi connectivity index (χ0n) is 12.1. The van der Waals surface area contributed by atoms with Crippen LogP contribution in [0.2, 0.25) is 0 Å². The first kappa shape index (κ1) is 13.4. The Kier molecular flexibility index (Phi) is 3.66. The number of fused-ring (bicyclic) bond motifs is 1. The van der Waals surface area contributed by atoms with Crippen molar-refractivity contribution >= 4 is 17.3 Å². The molecule has 1 aliphatic carbocycles. The number of hydrogen-bond acceptors (Lipinski definition) is 3. The van der Waals surface area contributed by atoms with E-state index in [4.69, 9.17) is 5.73 Å². The van der Waals surface area contributed by atoms with Crippen LogP contribution in [-0.2, 0) is 4.79 Å². The molecule has 1 aliphatic heterocycles. The molecule has 0 radical (unpaired) electrons. The molecule has 0 aromatic heterocycles. The number of nitrogens with two attached hydrogens (primary N) is 1. The fourth-order valence-electron chi connectivity index (χ4n) is 3.35. The zero-order chi connectivity index (χ0) is 14.1. The number of rotatable bonds is 2. The quantitative estimate of drug-likeness (QED) is 0.815. The first-order chi connectivity index (χ1) is 9.66. The van der Waals surface area contributed by atoms with E-state index in [0.717, 1.165) is 11.3 Å². The van der Waals surface area contributed by atoms with Crippen molar-refractivity contribution in [3.05, 3.63) is 23.8 Å². The Balaban J connectivity index is 1.80. The molecular weight excluding hydrogens is 250 g/mol. The smallest absolute Gasteiger partial charge is 0.245 e. The van der Waals surface area contributed by atoms with E-state index in [9.17, 15) is 4.79 Å². The van der Waals surface area contributed by atoms with Crippen LogP contribution in [0.25, 0.3) is 0 Å². The van der Waals surface area contributed by atoms with Gasteiger partial charge in [-0.1, -0.05) is 31.7 Å². The van der Waals surface area contributed by atoms with Crippen LogP contribution >= 0.6 is 0 Å². The Morgan fingerprint density at radius 1 is 1.20 bits per heavy atom. The molecule has 4 heteroatoms. The second-order valence-corrected chi connectivity index (χ2v) is 5.99. The van der Waals surface area contributed by atoms with Gasteiger partial charge in [0, 0.05) is 30.0 Å². The molecule has 0 saturated heterocycles. The maximum Gasteiger partial charge on any atom is 0.245 e. The highest BCUT2D eigenvalue weighted by Crippen LogP contribution is 2.34. The number of amides is 1. The van der Waals surface area contributed by atoms with Gasteiger partial charge in [0.05, 0.1) is 0 Å². The van der Waals surface area contributed by atoms with Crippen molar-refractivity contribution in [3.8, 4) is 0 Å². The molecule has 1 aromatic rings. The van der Waals surface area contributed by atoms with Crippen LogP contribution in [0.15, 0.2) is 18.2 Å². The van der Waals surface area contributed by atoms with Crippen molar-refractivity contribution in [1.29, 1.82) is 0 Å². The lowest BCUT2D eigenvalue weighted by Gasteiger charge is -2.29. The largest absolute Gasteiger partial charge is 0.372 e. The second-order valence-electron chi connectivity index (χ2n) is 5.99. The van der Waals surface area contributed by atoms with Gasteiger partial charge in [0.15, 0.2) is 0 Å². The molecule has 3 N–H and O–H groups in total. The van der Waals surface area contributed by atoms with Gasteiger partial charge in [-0.2, -0.15) is 0 Å². The van der Waals surface area contributed by atoms with Crippen LogP contribution in [0.3, 0.4) is 0 Å². The van der Waals surface area contributed by atoms with Crippen molar-refractivity contribution in [2.75, 3.05) is 17.3 Å². The molecule has 1 saturated carbocycles. The molecule has 2 aliphatic rings. The predicted octanol–water partition coefficient (Wildman–Crippen LogP) is 2.80. The van der Waals surface area contributed by atoms with Gasteiger partial charge in [0.1, 0.15) is 6.04 Å². The van der Waals surface area contributed by atoms with E-state index >= 15 is 0 Å². The van der Waals surface area contributed by atoms with Gasteiger partial charge < -0.3 is 16.0 Å². The number of carbonyl (C=O) groups is 1. The lowest BCUT2D eigenvalue weighted by atomic mass is 10.0. The second kappa shape index (κ2) is 5.44. The molecule has 0 spiro atoms. The summed E-state index contributed by atoms with van der Waals surface area (Å²) in [4.78, 5) is 14.0. The monoisotopic (exact) mass is 273 g/mol. The highest BCUT2D eigenvalue weighted by atomic mass is 16.2. The van der Waals surface area contributed by atoms with Crippen molar-refractivity contribution in [2.24, 2.45) is 5.73 Å². The van der Waals surface area contributed by atoms with Gasteiger partial charge in [-0.3, -0.25) is 4.79 Å². The lowest BCUT2D eigenvalue weighted by molar-refractivity contribution is -0.116. The normalized spacial score (nSPS) is 23.1. The maximum absolute atomic E-state index is 11.6. The number of hydrogen-bond donors (Lipinski definition) is 2. The first-order valence-corrected chi connectivity index (χ1v) is 7.60. The van der Waals surface area contributed by atoms with Crippen LogP contribution in [-0.4, -0.2) is 19.0 Å². The van der Waals surface area contributed by atoms with Crippen LogP contribution in [0.5, 0.6) is 0 Å². The first-order valence-electron chi connectivity index (χ1n) is 7.60. The minimum absolute atomic E-state index is 0.103. The summed E-state index contributed by atoms with van der Waals surface area (Å²) in [6.07, 6.45) is 7.89. The summed E-state index contributed by atoms with van der Waals surface area (Å²) in [5, 5.41) is 2.87. The predicted molar refractivity (Wildman–Crippen MR) is 81.9 cm³/mol. The summed E-state index contributed by atoms with van der Waals surface area (Å²) < 4.78 is 0. The highest BCUT2D eigenvalue weighted by molar-refractivity contribution is 6.02. The Labute approximate surface area is 120 Å². The Hall–Kier alpha value is -1.55. The van der Waals surface area contributed by atoms with E-state index in [1.807, 2.05) is 6.07 Å². The molecule has 4 nitrogen and oxygen atoms in total.